The molecule has 0 atom stereocenters. The Hall–Kier alpha value is -1.63. The Kier molecular flexibility index (Phi) is 6.14. The molecule has 0 spiro atoms. The largest absolute Gasteiger partial charge is 0.385 e. The minimum atomic E-state index is -3.89. The van der Waals surface area contributed by atoms with Gasteiger partial charge in [0, 0.05) is 17.2 Å². The molecule has 0 aliphatic rings. The van der Waals surface area contributed by atoms with Crippen LogP contribution >= 0.6 is 0 Å². The number of anilines is 1. The maximum Gasteiger partial charge on any atom is 0.305 e. The highest BCUT2D eigenvalue weighted by Gasteiger charge is 2.25. The number of nitrogens with zero attached hydrogens (tertiary/aromatic N) is 1. The average molecular weight is 314 g/mol. The van der Waals surface area contributed by atoms with Crippen LogP contribution in [0.5, 0.6) is 0 Å². The molecule has 0 aliphatic heterocycles. The zero-order valence-electron chi connectivity index (χ0n) is 12.7. The van der Waals surface area contributed by atoms with Crippen LogP contribution in [-0.4, -0.2) is 25.8 Å². The van der Waals surface area contributed by atoms with Gasteiger partial charge in [-0.15, -0.1) is 0 Å². The van der Waals surface area contributed by atoms with Crippen LogP contribution in [0.15, 0.2) is 17.0 Å². The first kappa shape index (κ1) is 17.4. The van der Waals surface area contributed by atoms with Crippen LogP contribution in [0, 0.1) is 24.0 Å². The number of benzene rings is 1. The normalized spacial score (nSPS) is 11.4. The van der Waals surface area contributed by atoms with E-state index in [9.17, 15) is 18.5 Å². The van der Waals surface area contributed by atoms with Gasteiger partial charge in [0.15, 0.2) is 0 Å². The molecule has 0 fully saturated rings. The monoisotopic (exact) mass is 314 g/mol. The molecule has 1 rings (SSSR count). The van der Waals surface area contributed by atoms with Gasteiger partial charge in [0.05, 0.1) is 4.90 Å². The summed E-state index contributed by atoms with van der Waals surface area (Å²) in [6.07, 6.45) is 3.33. The second kappa shape index (κ2) is 7.40. The van der Waals surface area contributed by atoms with E-state index in [-0.39, 0.29) is 4.90 Å². The van der Waals surface area contributed by atoms with Crippen molar-refractivity contribution in [2.45, 2.75) is 44.9 Å². The number of nitro groups is 1. The first-order valence-electron chi connectivity index (χ1n) is 6.97. The molecule has 0 radical (unpaired) electrons. The molecule has 0 aromatic heterocycles. The summed E-state index contributed by atoms with van der Waals surface area (Å²) in [5.74, 6) is -1.07. The van der Waals surface area contributed by atoms with Gasteiger partial charge in [0.25, 0.3) is 0 Å². The molecular weight excluding hydrogens is 292 g/mol. The van der Waals surface area contributed by atoms with Gasteiger partial charge in [-0.3, -0.25) is 10.1 Å². The van der Waals surface area contributed by atoms with Gasteiger partial charge in [0.2, 0.25) is 9.84 Å². The van der Waals surface area contributed by atoms with Crippen molar-refractivity contribution in [3.63, 3.8) is 0 Å². The summed E-state index contributed by atoms with van der Waals surface area (Å²) in [6.45, 7) is 6.28. The molecule has 0 saturated carbocycles. The second-order valence-electron chi connectivity index (χ2n) is 5.15. The third kappa shape index (κ3) is 5.00. The number of nitrogens with one attached hydrogen (secondary N) is 1. The van der Waals surface area contributed by atoms with Gasteiger partial charge in [0.1, 0.15) is 0 Å². The number of sulfone groups is 1. The topological polar surface area (TPSA) is 89.3 Å². The number of aryl methyl sites for hydroxylation is 2. The van der Waals surface area contributed by atoms with Crippen molar-refractivity contribution >= 4 is 15.5 Å². The molecular formula is C14H22N2O4S. The fourth-order valence-electron chi connectivity index (χ4n) is 2.35. The minimum absolute atomic E-state index is 0.0679. The number of rotatable bonds is 8. The number of hydrogen-bond donors (Lipinski definition) is 1. The molecule has 21 heavy (non-hydrogen) atoms. The van der Waals surface area contributed by atoms with Gasteiger partial charge >= 0.3 is 5.88 Å². The van der Waals surface area contributed by atoms with Crippen molar-refractivity contribution in [3.05, 3.63) is 33.4 Å². The van der Waals surface area contributed by atoms with Gasteiger partial charge in [-0.05, 0) is 43.5 Å². The van der Waals surface area contributed by atoms with Crippen LogP contribution in [0.3, 0.4) is 0 Å². The van der Waals surface area contributed by atoms with Crippen LogP contribution in [0.4, 0.5) is 5.69 Å². The highest BCUT2D eigenvalue weighted by molar-refractivity contribution is 7.91. The van der Waals surface area contributed by atoms with E-state index in [1.54, 1.807) is 26.0 Å². The summed E-state index contributed by atoms with van der Waals surface area (Å²) in [6, 6.07) is 3.46. The third-order valence-corrected chi connectivity index (χ3v) is 4.97. The highest BCUT2D eigenvalue weighted by Crippen LogP contribution is 2.25. The molecule has 7 heteroatoms. The zero-order valence-corrected chi connectivity index (χ0v) is 13.5. The maximum atomic E-state index is 12.0. The molecule has 0 aliphatic carbocycles. The van der Waals surface area contributed by atoms with Gasteiger partial charge < -0.3 is 5.32 Å². The third-order valence-electron chi connectivity index (χ3n) is 3.16. The molecule has 0 unspecified atom stereocenters. The molecule has 118 valence electrons. The van der Waals surface area contributed by atoms with Crippen molar-refractivity contribution in [2.24, 2.45) is 0 Å². The van der Waals surface area contributed by atoms with E-state index >= 15 is 0 Å². The fraction of sp³-hybridized carbons (Fsp3) is 0.571. The summed E-state index contributed by atoms with van der Waals surface area (Å²) >= 11 is 0. The van der Waals surface area contributed by atoms with Crippen molar-refractivity contribution in [3.8, 4) is 0 Å². The van der Waals surface area contributed by atoms with Gasteiger partial charge in [-0.25, -0.2) is 8.42 Å². The SMILES string of the molecule is CCCCCNc1cc(C)c(S(=O)(=O)C[N+](=O)[O-])c(C)c1. The summed E-state index contributed by atoms with van der Waals surface area (Å²) in [4.78, 5) is 9.75. The molecule has 1 aromatic carbocycles. The summed E-state index contributed by atoms with van der Waals surface area (Å²) in [7, 11) is -3.89. The van der Waals surface area contributed by atoms with E-state index in [0.29, 0.717) is 11.1 Å². The summed E-state index contributed by atoms with van der Waals surface area (Å²) in [5, 5.41) is 13.7. The lowest BCUT2D eigenvalue weighted by Gasteiger charge is -2.13. The summed E-state index contributed by atoms with van der Waals surface area (Å²) in [5.41, 5.74) is 1.92. The predicted molar refractivity (Wildman–Crippen MR) is 83.0 cm³/mol. The smallest absolute Gasteiger partial charge is 0.305 e. The van der Waals surface area contributed by atoms with Crippen LogP contribution < -0.4 is 5.32 Å². The van der Waals surface area contributed by atoms with Crippen LogP contribution in [0.2, 0.25) is 0 Å². The zero-order chi connectivity index (χ0) is 16.0. The molecule has 0 bridgehead atoms. The lowest BCUT2D eigenvalue weighted by Crippen LogP contribution is -2.17. The molecule has 0 amide bonds. The minimum Gasteiger partial charge on any atom is -0.385 e. The Morgan fingerprint density at radius 2 is 1.76 bits per heavy atom. The Labute approximate surface area is 125 Å². The Balaban J connectivity index is 2.97. The second-order valence-corrected chi connectivity index (χ2v) is 7.05. The standard InChI is InChI=1S/C14H22N2O4S/c1-4-5-6-7-15-13-8-11(2)14(12(3)9-13)21(19,20)10-16(17)18/h8-9,15H,4-7,10H2,1-3H3. The highest BCUT2D eigenvalue weighted by atomic mass is 32.2. The van der Waals surface area contributed by atoms with Crippen molar-refractivity contribution in [1.29, 1.82) is 0 Å². The first-order valence-corrected chi connectivity index (χ1v) is 8.63. The van der Waals surface area contributed by atoms with E-state index in [1.165, 1.54) is 0 Å². The van der Waals surface area contributed by atoms with E-state index in [4.69, 9.17) is 0 Å². The Morgan fingerprint density at radius 1 is 1.19 bits per heavy atom. The molecule has 1 N–H and O–H groups in total. The molecule has 1 aromatic rings. The Bertz CT molecular complexity index is 588. The summed E-state index contributed by atoms with van der Waals surface area (Å²) < 4.78 is 24.1. The first-order chi connectivity index (χ1) is 9.77. The average Bonchev–Trinajstić information content (AvgIpc) is 2.31. The molecule has 0 saturated heterocycles. The number of unbranched alkanes of at least 4 members (excludes halogenated alkanes) is 2. The van der Waals surface area contributed by atoms with Gasteiger partial charge in [-0.1, -0.05) is 19.8 Å². The van der Waals surface area contributed by atoms with Gasteiger partial charge in [-0.2, -0.15) is 0 Å². The van der Waals surface area contributed by atoms with E-state index in [0.717, 1.165) is 31.5 Å². The van der Waals surface area contributed by atoms with E-state index < -0.39 is 20.6 Å². The van der Waals surface area contributed by atoms with Crippen molar-refractivity contribution in [1.82, 2.24) is 0 Å². The fourth-order valence-corrected chi connectivity index (χ4v) is 3.86. The predicted octanol–water partition coefficient (Wildman–Crippen LogP) is 2.91. The lowest BCUT2D eigenvalue weighted by molar-refractivity contribution is -0.458. The van der Waals surface area contributed by atoms with Crippen molar-refractivity contribution in [2.75, 3.05) is 17.7 Å². The number of hydrogen-bond acceptors (Lipinski definition) is 5. The van der Waals surface area contributed by atoms with Crippen molar-refractivity contribution < 1.29 is 13.3 Å². The Morgan fingerprint density at radius 3 is 2.24 bits per heavy atom. The molecule has 0 heterocycles. The van der Waals surface area contributed by atoms with E-state index in [2.05, 4.69) is 12.2 Å². The van der Waals surface area contributed by atoms with Crippen LogP contribution in [-0.2, 0) is 9.84 Å². The van der Waals surface area contributed by atoms with Crippen LogP contribution in [0.25, 0.3) is 0 Å². The quantitative estimate of drug-likeness (QED) is 0.453. The maximum absolute atomic E-state index is 12.0. The lowest BCUT2D eigenvalue weighted by atomic mass is 10.1. The molecule has 6 nitrogen and oxygen atoms in total. The van der Waals surface area contributed by atoms with E-state index in [1.807, 2.05) is 0 Å². The van der Waals surface area contributed by atoms with Crippen LogP contribution in [0.1, 0.15) is 37.3 Å².